The summed E-state index contributed by atoms with van der Waals surface area (Å²) in [6.45, 7) is 0.406. The lowest BCUT2D eigenvalue weighted by atomic mass is 10.3. The fraction of sp³-hybridized carbons (Fsp3) is 0.176. The molecule has 0 saturated carbocycles. The van der Waals surface area contributed by atoms with E-state index in [1.807, 2.05) is 65.0 Å². The predicted octanol–water partition coefficient (Wildman–Crippen LogP) is 3.06. The highest BCUT2D eigenvalue weighted by Gasteiger charge is 2.15. The fourth-order valence-corrected chi connectivity index (χ4v) is 3.72. The first kappa shape index (κ1) is 14.0. The van der Waals surface area contributed by atoms with E-state index < -0.39 is 0 Å². The average Bonchev–Trinajstić information content (AvgIpc) is 3.22. The van der Waals surface area contributed by atoms with Gasteiger partial charge in [-0.3, -0.25) is 4.79 Å². The minimum Gasteiger partial charge on any atom is -0.344 e. The van der Waals surface area contributed by atoms with Crippen LogP contribution in [0.15, 0.2) is 41.8 Å². The van der Waals surface area contributed by atoms with Crippen LogP contribution in [0.25, 0.3) is 21.3 Å². The maximum Gasteiger partial charge on any atom is 0.268 e. The number of benzene rings is 1. The number of rotatable bonds is 3. The highest BCUT2D eigenvalue weighted by molar-refractivity contribution is 7.17. The van der Waals surface area contributed by atoms with Crippen LogP contribution in [0.4, 0.5) is 0 Å². The number of fused-ring (bicyclic) bond motifs is 2. The van der Waals surface area contributed by atoms with Gasteiger partial charge < -0.3 is 14.5 Å². The van der Waals surface area contributed by atoms with Crippen molar-refractivity contribution in [1.82, 2.24) is 19.4 Å². The van der Waals surface area contributed by atoms with Crippen LogP contribution in [-0.2, 0) is 20.6 Å². The third kappa shape index (κ3) is 2.22. The van der Waals surface area contributed by atoms with Gasteiger partial charge in [0.05, 0.1) is 27.8 Å². The number of aromatic nitrogens is 3. The molecule has 0 saturated heterocycles. The Morgan fingerprint density at radius 2 is 2.00 bits per heavy atom. The Balaban J connectivity index is 1.58. The van der Waals surface area contributed by atoms with Gasteiger partial charge in [-0.1, -0.05) is 12.1 Å². The van der Waals surface area contributed by atoms with E-state index in [0.717, 1.165) is 27.1 Å². The number of thiophene rings is 1. The number of hydrogen-bond acceptors (Lipinski definition) is 3. The summed E-state index contributed by atoms with van der Waals surface area (Å²) in [4.78, 5) is 17.0. The number of amides is 1. The average molecular weight is 324 g/mol. The summed E-state index contributed by atoms with van der Waals surface area (Å²) in [6.07, 6.45) is 0. The van der Waals surface area contributed by atoms with Crippen LogP contribution in [0.3, 0.4) is 0 Å². The van der Waals surface area contributed by atoms with Crippen molar-refractivity contribution in [3.05, 3.63) is 53.3 Å². The van der Waals surface area contributed by atoms with E-state index in [2.05, 4.69) is 10.3 Å². The van der Waals surface area contributed by atoms with Crippen molar-refractivity contribution in [1.29, 1.82) is 0 Å². The van der Waals surface area contributed by atoms with Gasteiger partial charge >= 0.3 is 0 Å². The van der Waals surface area contributed by atoms with Crippen molar-refractivity contribution in [3.63, 3.8) is 0 Å². The lowest BCUT2D eigenvalue weighted by molar-refractivity contribution is 0.0942. The fourth-order valence-electron chi connectivity index (χ4n) is 2.87. The third-order valence-corrected chi connectivity index (χ3v) is 5.04. The summed E-state index contributed by atoms with van der Waals surface area (Å²) < 4.78 is 5.07. The van der Waals surface area contributed by atoms with Crippen LogP contribution >= 0.6 is 11.3 Å². The summed E-state index contributed by atoms with van der Waals surface area (Å²) in [5, 5.41) is 5.00. The van der Waals surface area contributed by atoms with Gasteiger partial charge in [-0.05, 0) is 29.6 Å². The van der Waals surface area contributed by atoms with E-state index in [0.29, 0.717) is 12.2 Å². The molecule has 6 heteroatoms. The molecular formula is C17H16N4OS. The molecule has 3 aromatic heterocycles. The Kier molecular flexibility index (Phi) is 3.20. The highest BCUT2D eigenvalue weighted by Crippen LogP contribution is 2.24. The molecule has 23 heavy (non-hydrogen) atoms. The first-order chi connectivity index (χ1) is 11.1. The van der Waals surface area contributed by atoms with E-state index in [-0.39, 0.29) is 5.91 Å². The number of aryl methyl sites for hydroxylation is 2. The summed E-state index contributed by atoms with van der Waals surface area (Å²) >= 11 is 1.64. The van der Waals surface area contributed by atoms with Gasteiger partial charge in [0.2, 0.25) is 0 Å². The minimum absolute atomic E-state index is 0.0806. The number of nitrogens with zero attached hydrogens (tertiary/aromatic N) is 3. The zero-order valence-electron chi connectivity index (χ0n) is 12.9. The molecule has 0 aliphatic heterocycles. The number of carbonyl (C=O) groups is 1. The maximum absolute atomic E-state index is 12.5. The topological polar surface area (TPSA) is 51.9 Å². The molecule has 1 aromatic carbocycles. The quantitative estimate of drug-likeness (QED) is 0.630. The molecule has 4 aromatic rings. The molecule has 0 fully saturated rings. The van der Waals surface area contributed by atoms with E-state index in [4.69, 9.17) is 0 Å². The zero-order chi connectivity index (χ0) is 16.0. The van der Waals surface area contributed by atoms with Crippen LogP contribution in [-0.4, -0.2) is 20.0 Å². The molecule has 0 atom stereocenters. The van der Waals surface area contributed by atoms with Gasteiger partial charge in [0.25, 0.3) is 5.91 Å². The lowest BCUT2D eigenvalue weighted by Gasteiger charge is -2.06. The van der Waals surface area contributed by atoms with Gasteiger partial charge in [-0.25, -0.2) is 4.98 Å². The second kappa shape index (κ2) is 5.24. The van der Waals surface area contributed by atoms with E-state index in [1.165, 1.54) is 0 Å². The molecule has 1 N–H and O–H groups in total. The van der Waals surface area contributed by atoms with Crippen LogP contribution in [0.1, 0.15) is 16.3 Å². The number of carbonyl (C=O) groups excluding carboxylic acids is 1. The van der Waals surface area contributed by atoms with E-state index in [1.54, 1.807) is 11.3 Å². The van der Waals surface area contributed by atoms with Crippen molar-refractivity contribution < 1.29 is 4.79 Å². The predicted molar refractivity (Wildman–Crippen MR) is 92.7 cm³/mol. The number of nitrogens with one attached hydrogen (secondary N) is 1. The number of hydrogen-bond donors (Lipinski definition) is 1. The van der Waals surface area contributed by atoms with Gasteiger partial charge in [0.15, 0.2) is 0 Å². The minimum atomic E-state index is -0.0806. The Hall–Kier alpha value is -2.60. The highest BCUT2D eigenvalue weighted by atomic mass is 32.1. The Bertz CT molecular complexity index is 1020. The molecule has 0 spiro atoms. The number of imidazole rings is 1. The monoisotopic (exact) mass is 324 g/mol. The van der Waals surface area contributed by atoms with Gasteiger partial charge in [0, 0.05) is 14.1 Å². The van der Waals surface area contributed by atoms with E-state index in [9.17, 15) is 4.79 Å². The Morgan fingerprint density at radius 3 is 2.78 bits per heavy atom. The molecule has 5 nitrogen and oxygen atoms in total. The molecule has 0 aliphatic rings. The summed E-state index contributed by atoms with van der Waals surface area (Å²) in [5.41, 5.74) is 3.77. The van der Waals surface area contributed by atoms with Gasteiger partial charge in [-0.15, -0.1) is 11.3 Å². The molecule has 0 bridgehead atoms. The van der Waals surface area contributed by atoms with Gasteiger partial charge in [-0.2, -0.15) is 0 Å². The summed E-state index contributed by atoms with van der Waals surface area (Å²) in [7, 11) is 3.88. The SMILES string of the molecule is Cn1c(CNC(=O)c2cc3sccc3n2C)nc2ccccc21. The first-order valence-corrected chi connectivity index (χ1v) is 8.24. The maximum atomic E-state index is 12.5. The molecule has 0 aliphatic carbocycles. The van der Waals surface area contributed by atoms with Crippen LogP contribution in [0.2, 0.25) is 0 Å². The third-order valence-electron chi connectivity index (χ3n) is 4.18. The van der Waals surface area contributed by atoms with Crippen molar-refractivity contribution in [2.45, 2.75) is 6.54 Å². The van der Waals surface area contributed by atoms with Crippen molar-refractivity contribution in [2.24, 2.45) is 14.1 Å². The molecule has 4 rings (SSSR count). The first-order valence-electron chi connectivity index (χ1n) is 7.36. The summed E-state index contributed by atoms with van der Waals surface area (Å²) in [6, 6.07) is 11.9. The van der Waals surface area contributed by atoms with Crippen molar-refractivity contribution >= 4 is 38.5 Å². The number of para-hydroxylation sites is 2. The van der Waals surface area contributed by atoms with Crippen molar-refractivity contribution in [3.8, 4) is 0 Å². The van der Waals surface area contributed by atoms with Gasteiger partial charge in [0.1, 0.15) is 11.5 Å². The normalized spacial score (nSPS) is 11.4. The summed E-state index contributed by atoms with van der Waals surface area (Å²) in [5.74, 6) is 0.763. The Labute approximate surface area is 137 Å². The standard InChI is InChI=1S/C17H16N4OS/c1-20-13-7-8-23-15(13)9-14(20)17(22)18-10-16-19-11-5-3-4-6-12(11)21(16)2/h3-9H,10H2,1-2H3,(H,18,22). The molecule has 0 unspecified atom stereocenters. The van der Waals surface area contributed by atoms with E-state index >= 15 is 0 Å². The van der Waals surface area contributed by atoms with Crippen LogP contribution < -0.4 is 5.32 Å². The van der Waals surface area contributed by atoms with Crippen LogP contribution in [0, 0.1) is 0 Å². The zero-order valence-corrected chi connectivity index (χ0v) is 13.7. The molecule has 1 amide bonds. The molecule has 0 radical (unpaired) electrons. The second-order valence-corrected chi connectivity index (χ2v) is 6.46. The molecular weight excluding hydrogens is 308 g/mol. The second-order valence-electron chi connectivity index (χ2n) is 5.52. The lowest BCUT2D eigenvalue weighted by Crippen LogP contribution is -2.26. The smallest absolute Gasteiger partial charge is 0.268 e. The molecule has 116 valence electrons. The van der Waals surface area contributed by atoms with Crippen molar-refractivity contribution in [2.75, 3.05) is 0 Å². The van der Waals surface area contributed by atoms with Crippen LogP contribution in [0.5, 0.6) is 0 Å². The molecule has 3 heterocycles. The largest absolute Gasteiger partial charge is 0.344 e. The Morgan fingerprint density at radius 1 is 1.17 bits per heavy atom.